The Hall–Kier alpha value is -2.53. The van der Waals surface area contributed by atoms with E-state index in [2.05, 4.69) is 10.3 Å². The van der Waals surface area contributed by atoms with Crippen LogP contribution in [0.1, 0.15) is 30.8 Å². The van der Waals surface area contributed by atoms with Gasteiger partial charge in [0.25, 0.3) is 0 Å². The Morgan fingerprint density at radius 1 is 1.30 bits per heavy atom. The first kappa shape index (κ1) is 15.4. The third-order valence-corrected chi connectivity index (χ3v) is 3.88. The van der Waals surface area contributed by atoms with E-state index >= 15 is 0 Å². The van der Waals surface area contributed by atoms with Crippen molar-refractivity contribution in [1.29, 1.82) is 0 Å². The standard InChI is InChI=1S/C18H20N2O3/c1-12(9-16(21)17-7-4-8-23-17)20-18(22)10-13-11-19-15-6-3-2-5-14(13)15/h2-8,11-12,16,19,21H,9-10H2,1H3,(H,20,22). The van der Waals surface area contributed by atoms with Crippen molar-refractivity contribution < 1.29 is 14.3 Å². The van der Waals surface area contributed by atoms with Gasteiger partial charge in [-0.1, -0.05) is 18.2 Å². The molecule has 5 nitrogen and oxygen atoms in total. The molecule has 120 valence electrons. The van der Waals surface area contributed by atoms with E-state index in [1.165, 1.54) is 6.26 Å². The third kappa shape index (κ3) is 3.63. The van der Waals surface area contributed by atoms with E-state index in [1.54, 1.807) is 12.1 Å². The van der Waals surface area contributed by atoms with Crippen LogP contribution in [0.4, 0.5) is 0 Å². The van der Waals surface area contributed by atoms with Gasteiger partial charge in [-0.05, 0) is 30.7 Å². The van der Waals surface area contributed by atoms with Crippen LogP contribution in [-0.4, -0.2) is 22.0 Å². The highest BCUT2D eigenvalue weighted by atomic mass is 16.4. The van der Waals surface area contributed by atoms with E-state index in [0.29, 0.717) is 18.6 Å². The highest BCUT2D eigenvalue weighted by molar-refractivity contribution is 5.88. The second-order valence-electron chi connectivity index (χ2n) is 5.77. The second-order valence-corrected chi connectivity index (χ2v) is 5.77. The number of aliphatic hydroxyl groups excluding tert-OH is 1. The summed E-state index contributed by atoms with van der Waals surface area (Å²) in [6, 6.07) is 11.2. The number of hydrogen-bond donors (Lipinski definition) is 3. The number of carbonyl (C=O) groups is 1. The van der Waals surface area contributed by atoms with E-state index in [0.717, 1.165) is 16.5 Å². The number of para-hydroxylation sites is 1. The molecule has 3 N–H and O–H groups in total. The number of aromatic nitrogens is 1. The van der Waals surface area contributed by atoms with Crippen LogP contribution in [0.15, 0.2) is 53.3 Å². The summed E-state index contributed by atoms with van der Waals surface area (Å²) in [5.74, 6) is 0.455. The zero-order valence-electron chi connectivity index (χ0n) is 13.0. The van der Waals surface area contributed by atoms with Gasteiger partial charge in [-0.15, -0.1) is 0 Å². The molecule has 23 heavy (non-hydrogen) atoms. The Bertz CT molecular complexity index is 777. The van der Waals surface area contributed by atoms with Gasteiger partial charge in [0.1, 0.15) is 11.9 Å². The van der Waals surface area contributed by atoms with Crippen LogP contribution in [0.3, 0.4) is 0 Å². The zero-order chi connectivity index (χ0) is 16.2. The van der Waals surface area contributed by atoms with Gasteiger partial charge >= 0.3 is 0 Å². The van der Waals surface area contributed by atoms with Crippen molar-refractivity contribution in [2.24, 2.45) is 0 Å². The first-order chi connectivity index (χ1) is 11.1. The van der Waals surface area contributed by atoms with Crippen LogP contribution < -0.4 is 5.32 Å². The van der Waals surface area contributed by atoms with E-state index < -0.39 is 6.10 Å². The highest BCUT2D eigenvalue weighted by Crippen LogP contribution is 2.20. The second kappa shape index (κ2) is 6.71. The summed E-state index contributed by atoms with van der Waals surface area (Å²) in [6.45, 7) is 1.87. The van der Waals surface area contributed by atoms with Gasteiger partial charge in [-0.3, -0.25) is 4.79 Å². The molecule has 0 aliphatic rings. The lowest BCUT2D eigenvalue weighted by Gasteiger charge is -2.16. The molecular weight excluding hydrogens is 292 g/mol. The molecule has 0 aliphatic heterocycles. The lowest BCUT2D eigenvalue weighted by Crippen LogP contribution is -2.34. The molecular formula is C18H20N2O3. The molecule has 2 atom stereocenters. The number of furan rings is 1. The number of benzene rings is 1. The average molecular weight is 312 g/mol. The van der Waals surface area contributed by atoms with Gasteiger partial charge in [0.2, 0.25) is 5.91 Å². The normalized spacial score (nSPS) is 13.8. The topological polar surface area (TPSA) is 78.3 Å². The molecule has 0 saturated heterocycles. The Balaban J connectivity index is 1.56. The van der Waals surface area contributed by atoms with Crippen LogP contribution in [-0.2, 0) is 11.2 Å². The number of aromatic amines is 1. The molecule has 2 heterocycles. The molecule has 0 saturated carbocycles. The smallest absolute Gasteiger partial charge is 0.224 e. The van der Waals surface area contributed by atoms with Gasteiger partial charge < -0.3 is 19.8 Å². The number of carbonyl (C=O) groups excluding carboxylic acids is 1. The van der Waals surface area contributed by atoms with Crippen LogP contribution in [0.2, 0.25) is 0 Å². The van der Waals surface area contributed by atoms with Crippen molar-refractivity contribution in [2.45, 2.75) is 31.9 Å². The maximum atomic E-state index is 12.2. The predicted molar refractivity (Wildman–Crippen MR) is 87.9 cm³/mol. The average Bonchev–Trinajstić information content (AvgIpc) is 3.17. The van der Waals surface area contributed by atoms with E-state index in [9.17, 15) is 9.90 Å². The lowest BCUT2D eigenvalue weighted by atomic mass is 10.1. The third-order valence-electron chi connectivity index (χ3n) is 3.88. The molecule has 2 unspecified atom stereocenters. The number of rotatable bonds is 6. The summed E-state index contributed by atoms with van der Waals surface area (Å²) in [7, 11) is 0. The van der Waals surface area contributed by atoms with E-state index in [4.69, 9.17) is 4.42 Å². The maximum Gasteiger partial charge on any atom is 0.224 e. The number of nitrogens with one attached hydrogen (secondary N) is 2. The van der Waals surface area contributed by atoms with Gasteiger partial charge in [-0.2, -0.15) is 0 Å². The van der Waals surface area contributed by atoms with Gasteiger partial charge in [0.15, 0.2) is 0 Å². The van der Waals surface area contributed by atoms with Crippen molar-refractivity contribution >= 4 is 16.8 Å². The molecule has 0 bridgehead atoms. The molecule has 1 aromatic carbocycles. The molecule has 0 aliphatic carbocycles. The number of amides is 1. The van der Waals surface area contributed by atoms with Crippen molar-refractivity contribution in [1.82, 2.24) is 10.3 Å². The summed E-state index contributed by atoms with van der Waals surface area (Å²) < 4.78 is 5.17. The van der Waals surface area contributed by atoms with Crippen molar-refractivity contribution in [3.8, 4) is 0 Å². The Kier molecular flexibility index (Phi) is 4.48. The van der Waals surface area contributed by atoms with E-state index in [1.807, 2.05) is 37.4 Å². The molecule has 2 aromatic heterocycles. The number of H-pyrrole nitrogens is 1. The quantitative estimate of drug-likeness (QED) is 0.655. The largest absolute Gasteiger partial charge is 0.467 e. The first-order valence-electron chi connectivity index (χ1n) is 7.69. The minimum atomic E-state index is -0.714. The minimum Gasteiger partial charge on any atom is -0.467 e. The fourth-order valence-corrected chi connectivity index (χ4v) is 2.77. The summed E-state index contributed by atoms with van der Waals surface area (Å²) in [5, 5.41) is 14.0. The summed E-state index contributed by atoms with van der Waals surface area (Å²) >= 11 is 0. The fourth-order valence-electron chi connectivity index (χ4n) is 2.77. The number of fused-ring (bicyclic) bond motifs is 1. The van der Waals surface area contributed by atoms with E-state index in [-0.39, 0.29) is 11.9 Å². The van der Waals surface area contributed by atoms with Crippen molar-refractivity contribution in [3.05, 3.63) is 60.2 Å². The van der Waals surface area contributed by atoms with Crippen molar-refractivity contribution in [2.75, 3.05) is 0 Å². The fraction of sp³-hybridized carbons (Fsp3) is 0.278. The summed E-state index contributed by atoms with van der Waals surface area (Å²) in [5.41, 5.74) is 1.99. The summed E-state index contributed by atoms with van der Waals surface area (Å²) in [6.07, 6.45) is 3.40. The monoisotopic (exact) mass is 312 g/mol. The molecule has 5 heteroatoms. The SMILES string of the molecule is CC(CC(O)c1ccco1)NC(=O)Cc1c[nH]c2ccccc12. The van der Waals surface area contributed by atoms with Crippen LogP contribution in [0.5, 0.6) is 0 Å². The summed E-state index contributed by atoms with van der Waals surface area (Å²) in [4.78, 5) is 15.4. The predicted octanol–water partition coefficient (Wildman–Crippen LogP) is 2.93. The Morgan fingerprint density at radius 2 is 2.13 bits per heavy atom. The van der Waals surface area contributed by atoms with Gasteiger partial charge in [0, 0.05) is 29.6 Å². The number of aliphatic hydroxyl groups is 1. The Morgan fingerprint density at radius 3 is 2.91 bits per heavy atom. The molecule has 1 amide bonds. The minimum absolute atomic E-state index is 0.0612. The number of hydrogen-bond acceptors (Lipinski definition) is 3. The van der Waals surface area contributed by atoms with Crippen LogP contribution >= 0.6 is 0 Å². The van der Waals surface area contributed by atoms with Crippen LogP contribution in [0.25, 0.3) is 10.9 Å². The molecule has 0 fully saturated rings. The van der Waals surface area contributed by atoms with Gasteiger partial charge in [-0.25, -0.2) is 0 Å². The van der Waals surface area contributed by atoms with Gasteiger partial charge in [0.05, 0.1) is 12.7 Å². The molecule has 3 rings (SSSR count). The molecule has 3 aromatic rings. The molecule has 0 spiro atoms. The highest BCUT2D eigenvalue weighted by Gasteiger charge is 2.17. The lowest BCUT2D eigenvalue weighted by molar-refractivity contribution is -0.121. The Labute approximate surface area is 134 Å². The first-order valence-corrected chi connectivity index (χ1v) is 7.69. The maximum absolute atomic E-state index is 12.2. The van der Waals surface area contributed by atoms with Crippen molar-refractivity contribution in [3.63, 3.8) is 0 Å². The van der Waals surface area contributed by atoms with Crippen LogP contribution in [0, 0.1) is 0 Å². The zero-order valence-corrected chi connectivity index (χ0v) is 13.0. The molecule has 0 radical (unpaired) electrons.